The van der Waals surface area contributed by atoms with Gasteiger partial charge in [-0.05, 0) is 0 Å². The molecule has 1 rings (SSSR count). The molecule has 2 nitrogen and oxygen atoms in total. The number of benzene rings is 1. The first-order chi connectivity index (χ1) is 7.79. The molecular weight excluding hydrogens is 316 g/mol. The Kier molecular flexibility index (Phi) is 6.56. The monoisotopic (exact) mass is 336 g/mol. The van der Waals surface area contributed by atoms with Crippen molar-refractivity contribution < 1.29 is 9.84 Å². The normalized spacial score (nSPS) is 13.6. The van der Waals surface area contributed by atoms with E-state index in [1.807, 2.05) is 37.3 Å². The fourth-order valence-corrected chi connectivity index (χ4v) is 3.49. The summed E-state index contributed by atoms with van der Waals surface area (Å²) < 4.78 is 7.50. The zero-order valence-electron chi connectivity index (χ0n) is 9.72. The fourth-order valence-electron chi connectivity index (χ4n) is 1.31. The molecule has 1 aromatic carbocycles. The van der Waals surface area contributed by atoms with E-state index in [1.54, 1.807) is 6.26 Å². The molecule has 1 aromatic rings. The second-order valence-electron chi connectivity index (χ2n) is 3.22. The van der Waals surface area contributed by atoms with E-state index < -0.39 is 6.10 Å². The van der Waals surface area contributed by atoms with E-state index in [-0.39, 0.29) is 20.9 Å². The van der Waals surface area contributed by atoms with Crippen LogP contribution in [0.15, 0.2) is 40.2 Å². The minimum absolute atomic E-state index is 0.310. The van der Waals surface area contributed by atoms with Gasteiger partial charge in [-0.3, -0.25) is 0 Å². The average Bonchev–Trinajstić information content (AvgIpc) is 2.35. The van der Waals surface area contributed by atoms with Crippen molar-refractivity contribution in [1.29, 1.82) is 0 Å². The molecule has 0 aliphatic rings. The molecule has 0 spiro atoms. The molecule has 88 valence electrons. The predicted molar refractivity (Wildman–Crippen MR) is 67.3 cm³/mol. The van der Waals surface area contributed by atoms with Gasteiger partial charge in [0.1, 0.15) is 0 Å². The van der Waals surface area contributed by atoms with Crippen LogP contribution in [0, 0.1) is 0 Å². The van der Waals surface area contributed by atoms with Crippen molar-refractivity contribution in [1.82, 2.24) is 0 Å². The second kappa shape index (κ2) is 7.73. The summed E-state index contributed by atoms with van der Waals surface area (Å²) in [6.07, 6.45) is 1.26. The number of hydrogen-bond acceptors (Lipinski definition) is 2. The van der Waals surface area contributed by atoms with Crippen molar-refractivity contribution in [2.24, 2.45) is 0 Å². The Morgan fingerprint density at radius 1 is 1.38 bits per heavy atom. The molecular formula is C13H18O2Te. The Labute approximate surface area is 107 Å². The van der Waals surface area contributed by atoms with Crippen molar-refractivity contribution in [3.63, 3.8) is 0 Å². The molecule has 0 saturated carbocycles. The van der Waals surface area contributed by atoms with Gasteiger partial charge in [0.25, 0.3) is 0 Å². The summed E-state index contributed by atoms with van der Waals surface area (Å²) >= 11 is -0.310. The minimum atomic E-state index is -0.491. The number of aliphatic hydroxyl groups is 1. The van der Waals surface area contributed by atoms with Crippen LogP contribution in [-0.4, -0.2) is 32.6 Å². The molecule has 0 radical (unpaired) electrons. The van der Waals surface area contributed by atoms with Crippen molar-refractivity contribution in [2.45, 2.75) is 24.4 Å². The first kappa shape index (κ1) is 13.6. The van der Waals surface area contributed by atoms with Gasteiger partial charge in [0.15, 0.2) is 0 Å². The van der Waals surface area contributed by atoms with Crippen molar-refractivity contribution in [3.05, 3.63) is 45.8 Å². The van der Waals surface area contributed by atoms with Crippen LogP contribution in [0.5, 0.6) is 0 Å². The molecule has 0 saturated heterocycles. The molecule has 1 N–H and O–H groups in total. The van der Waals surface area contributed by atoms with Gasteiger partial charge in [0.2, 0.25) is 0 Å². The molecule has 3 heteroatoms. The maximum absolute atomic E-state index is 10.2. The van der Waals surface area contributed by atoms with E-state index in [0.717, 1.165) is 13.7 Å². The zero-order chi connectivity index (χ0) is 11.8. The summed E-state index contributed by atoms with van der Waals surface area (Å²) in [5, 5.41) is 10.2. The zero-order valence-corrected chi connectivity index (χ0v) is 12.0. The quantitative estimate of drug-likeness (QED) is 0.640. The molecule has 0 aliphatic heterocycles. The van der Waals surface area contributed by atoms with E-state index in [2.05, 4.69) is 6.92 Å². The van der Waals surface area contributed by atoms with Gasteiger partial charge in [-0.25, -0.2) is 0 Å². The summed E-state index contributed by atoms with van der Waals surface area (Å²) in [5.74, 6) is 0. The van der Waals surface area contributed by atoms with E-state index in [1.165, 1.54) is 0 Å². The van der Waals surface area contributed by atoms with Crippen LogP contribution in [-0.2, 0) is 4.74 Å². The van der Waals surface area contributed by atoms with Gasteiger partial charge in [-0.2, -0.15) is 0 Å². The molecule has 0 bridgehead atoms. The fraction of sp³-hybridized carbons (Fsp3) is 0.385. The first-order valence-electron chi connectivity index (χ1n) is 5.47. The van der Waals surface area contributed by atoms with Crippen LogP contribution in [0.4, 0.5) is 0 Å². The Hall–Kier alpha value is -0.490. The van der Waals surface area contributed by atoms with Gasteiger partial charge in [0.05, 0.1) is 0 Å². The second-order valence-corrected chi connectivity index (χ2v) is 7.04. The van der Waals surface area contributed by atoms with Crippen molar-refractivity contribution in [2.75, 3.05) is 6.61 Å². The van der Waals surface area contributed by atoms with Crippen LogP contribution in [0.1, 0.15) is 25.5 Å². The third-order valence-corrected chi connectivity index (χ3v) is 4.75. The molecule has 0 aromatic heterocycles. The van der Waals surface area contributed by atoms with E-state index in [4.69, 9.17) is 4.74 Å². The molecule has 0 fully saturated rings. The average molecular weight is 334 g/mol. The van der Waals surface area contributed by atoms with E-state index in [0.29, 0.717) is 6.61 Å². The molecule has 16 heavy (non-hydrogen) atoms. The molecule has 1 atom stereocenters. The van der Waals surface area contributed by atoms with Gasteiger partial charge in [-0.1, -0.05) is 0 Å². The summed E-state index contributed by atoms with van der Waals surface area (Å²) in [5.41, 5.74) is 0.951. The number of aliphatic hydroxyl groups excluding tert-OH is 1. The van der Waals surface area contributed by atoms with Gasteiger partial charge < -0.3 is 0 Å². The maximum atomic E-state index is 10.2. The summed E-state index contributed by atoms with van der Waals surface area (Å²) in [6, 6.07) is 9.76. The summed E-state index contributed by atoms with van der Waals surface area (Å²) in [4.78, 5) is 0. The molecule has 0 heterocycles. The topological polar surface area (TPSA) is 29.5 Å². The molecule has 1 unspecified atom stereocenters. The van der Waals surface area contributed by atoms with Crippen LogP contribution < -0.4 is 0 Å². The van der Waals surface area contributed by atoms with Crippen molar-refractivity contribution in [3.8, 4) is 0 Å². The van der Waals surface area contributed by atoms with E-state index in [9.17, 15) is 5.11 Å². The third kappa shape index (κ3) is 4.17. The third-order valence-electron chi connectivity index (χ3n) is 2.06. The van der Waals surface area contributed by atoms with Crippen LogP contribution in [0.25, 0.3) is 0 Å². The summed E-state index contributed by atoms with van der Waals surface area (Å²) in [7, 11) is 0. The Bertz CT molecular complexity index is 322. The SMILES string of the molecule is CCO/C=C(/[Te]CC)C(O)c1ccccc1. The van der Waals surface area contributed by atoms with Gasteiger partial charge in [-0.15, -0.1) is 0 Å². The number of hydrogen-bond donors (Lipinski definition) is 1. The standard InChI is InChI=1S/C13H18O2Te/c1-3-15-10-12(16-4-2)13(14)11-8-6-5-7-9-11/h5-10,13-14H,3-4H2,1-2H3/b12-10+. The Balaban J connectivity index is 2.78. The van der Waals surface area contributed by atoms with Crippen LogP contribution in [0.3, 0.4) is 0 Å². The van der Waals surface area contributed by atoms with Crippen molar-refractivity contribution >= 4 is 20.9 Å². The molecule has 0 amide bonds. The van der Waals surface area contributed by atoms with Gasteiger partial charge in [0, 0.05) is 0 Å². The first-order valence-corrected chi connectivity index (χ1v) is 8.28. The predicted octanol–water partition coefficient (Wildman–Crippen LogP) is 2.74. The molecule has 0 aliphatic carbocycles. The Morgan fingerprint density at radius 2 is 2.06 bits per heavy atom. The number of ether oxygens (including phenoxy) is 1. The van der Waals surface area contributed by atoms with Crippen LogP contribution in [0.2, 0.25) is 4.47 Å². The van der Waals surface area contributed by atoms with Crippen LogP contribution >= 0.6 is 0 Å². The number of rotatable bonds is 6. The van der Waals surface area contributed by atoms with E-state index >= 15 is 0 Å². The van der Waals surface area contributed by atoms with Gasteiger partial charge >= 0.3 is 108 Å². The summed E-state index contributed by atoms with van der Waals surface area (Å²) in [6.45, 7) is 4.76. The Morgan fingerprint density at radius 3 is 2.62 bits per heavy atom.